The van der Waals surface area contributed by atoms with Crippen molar-refractivity contribution < 1.29 is 13.8 Å². The second-order valence-electron chi connectivity index (χ2n) is 2.21. The zero-order chi connectivity index (χ0) is 8.43. The summed E-state index contributed by atoms with van der Waals surface area (Å²) in [6.45, 7) is 0.369. The van der Waals surface area contributed by atoms with Crippen LogP contribution in [0.1, 0.15) is 0 Å². The second-order valence-corrected chi connectivity index (χ2v) is 3.75. The highest BCUT2D eigenvalue weighted by Gasteiger charge is 2.25. The van der Waals surface area contributed by atoms with Gasteiger partial charge in [0.15, 0.2) is 0 Å². The maximum Gasteiger partial charge on any atom is 0.312 e. The van der Waals surface area contributed by atoms with Gasteiger partial charge >= 0.3 is 11.8 Å². The SMILES string of the molecule is NC(=O)C(=O)N1CCS(=O)C1. The number of nitrogens with two attached hydrogens (primary N) is 1. The first kappa shape index (κ1) is 8.19. The predicted octanol–water partition coefficient (Wildman–Crippen LogP) is -1.98. The Balaban J connectivity index is 2.56. The molecule has 1 atom stereocenters. The van der Waals surface area contributed by atoms with Crippen LogP contribution in [0.3, 0.4) is 0 Å². The molecule has 1 heterocycles. The largest absolute Gasteiger partial charge is 0.361 e. The van der Waals surface area contributed by atoms with Gasteiger partial charge in [-0.2, -0.15) is 0 Å². The Kier molecular flexibility index (Phi) is 2.23. The average molecular weight is 176 g/mol. The van der Waals surface area contributed by atoms with Gasteiger partial charge in [-0.05, 0) is 0 Å². The minimum Gasteiger partial charge on any atom is -0.361 e. The average Bonchev–Trinajstić information content (AvgIpc) is 2.34. The molecule has 62 valence electrons. The number of hydrogen-bond acceptors (Lipinski definition) is 3. The number of primary amides is 1. The van der Waals surface area contributed by atoms with E-state index in [0.29, 0.717) is 12.3 Å². The van der Waals surface area contributed by atoms with Crippen LogP contribution >= 0.6 is 0 Å². The summed E-state index contributed by atoms with van der Waals surface area (Å²) in [6, 6.07) is 0. The number of nitrogens with zero attached hydrogens (tertiary/aromatic N) is 1. The number of carbonyl (C=O) groups excluding carboxylic acids is 2. The fraction of sp³-hybridized carbons (Fsp3) is 0.600. The van der Waals surface area contributed by atoms with Crippen LogP contribution in [-0.4, -0.2) is 39.1 Å². The molecule has 1 aliphatic rings. The van der Waals surface area contributed by atoms with Crippen molar-refractivity contribution >= 4 is 22.6 Å². The summed E-state index contributed by atoms with van der Waals surface area (Å²) in [4.78, 5) is 22.3. The smallest absolute Gasteiger partial charge is 0.312 e. The summed E-state index contributed by atoms with van der Waals surface area (Å²) in [7, 11) is -0.993. The van der Waals surface area contributed by atoms with Gasteiger partial charge in [0.2, 0.25) is 0 Å². The zero-order valence-corrected chi connectivity index (χ0v) is 6.60. The molecule has 1 rings (SSSR count). The Labute approximate surface area is 66.0 Å². The molecule has 0 aromatic heterocycles. The molecule has 1 saturated heterocycles. The predicted molar refractivity (Wildman–Crippen MR) is 38.8 cm³/mol. The molecule has 1 unspecified atom stereocenters. The third-order valence-electron chi connectivity index (χ3n) is 1.39. The van der Waals surface area contributed by atoms with E-state index >= 15 is 0 Å². The molecule has 0 spiro atoms. The van der Waals surface area contributed by atoms with Gasteiger partial charge in [-0.15, -0.1) is 0 Å². The topological polar surface area (TPSA) is 80.5 Å². The lowest BCUT2D eigenvalue weighted by atomic mass is 10.5. The standard InChI is InChI=1S/C5H8N2O3S/c6-4(8)5(9)7-1-2-11(10)3-7/h1-3H2,(H2,6,8). The minimum absolute atomic E-state index is 0.141. The van der Waals surface area contributed by atoms with Crippen molar-refractivity contribution in [3.05, 3.63) is 0 Å². The molecule has 0 radical (unpaired) electrons. The van der Waals surface area contributed by atoms with Gasteiger partial charge in [-0.3, -0.25) is 13.8 Å². The van der Waals surface area contributed by atoms with Crippen molar-refractivity contribution in [1.29, 1.82) is 0 Å². The molecule has 5 nitrogen and oxygen atoms in total. The van der Waals surface area contributed by atoms with Crippen LogP contribution in [0.25, 0.3) is 0 Å². The van der Waals surface area contributed by atoms with Crippen LogP contribution in [0, 0.1) is 0 Å². The molecule has 0 aromatic rings. The van der Waals surface area contributed by atoms with Crippen LogP contribution < -0.4 is 5.73 Å². The van der Waals surface area contributed by atoms with E-state index in [0.717, 1.165) is 0 Å². The van der Waals surface area contributed by atoms with E-state index in [9.17, 15) is 13.8 Å². The molecule has 0 saturated carbocycles. The molecule has 1 aliphatic heterocycles. The van der Waals surface area contributed by atoms with Gasteiger partial charge in [-0.25, -0.2) is 0 Å². The van der Waals surface area contributed by atoms with Gasteiger partial charge in [0, 0.05) is 23.1 Å². The van der Waals surface area contributed by atoms with Crippen molar-refractivity contribution in [3.8, 4) is 0 Å². The van der Waals surface area contributed by atoms with Gasteiger partial charge in [-0.1, -0.05) is 0 Å². The lowest BCUT2D eigenvalue weighted by Crippen LogP contribution is -2.38. The van der Waals surface area contributed by atoms with Crippen molar-refractivity contribution in [3.63, 3.8) is 0 Å². The Hall–Kier alpha value is -0.910. The lowest BCUT2D eigenvalue weighted by molar-refractivity contribution is -0.143. The molecule has 2 N–H and O–H groups in total. The van der Waals surface area contributed by atoms with Gasteiger partial charge in [0.1, 0.15) is 0 Å². The Bertz CT molecular complexity index is 228. The van der Waals surface area contributed by atoms with Gasteiger partial charge < -0.3 is 10.6 Å². The first-order valence-electron chi connectivity index (χ1n) is 3.05. The highest BCUT2D eigenvalue weighted by molar-refractivity contribution is 7.85. The van der Waals surface area contributed by atoms with Gasteiger partial charge in [0.25, 0.3) is 0 Å². The van der Waals surface area contributed by atoms with E-state index < -0.39 is 22.6 Å². The molecule has 1 fully saturated rings. The summed E-state index contributed by atoms with van der Waals surface area (Å²) < 4.78 is 10.7. The fourth-order valence-corrected chi connectivity index (χ4v) is 1.98. The Morgan fingerprint density at radius 1 is 1.45 bits per heavy atom. The third-order valence-corrected chi connectivity index (χ3v) is 2.62. The molecule has 0 bridgehead atoms. The van der Waals surface area contributed by atoms with Crippen LogP contribution in [0.4, 0.5) is 0 Å². The molecular formula is C5H8N2O3S. The Morgan fingerprint density at radius 2 is 2.09 bits per heavy atom. The molecular weight excluding hydrogens is 168 g/mol. The highest BCUT2D eigenvalue weighted by atomic mass is 32.2. The summed E-state index contributed by atoms with van der Waals surface area (Å²) in [5.74, 6) is -1.14. The van der Waals surface area contributed by atoms with Crippen molar-refractivity contribution in [2.75, 3.05) is 18.2 Å². The number of carbonyl (C=O) groups is 2. The summed E-state index contributed by atoms with van der Waals surface area (Å²) in [6.07, 6.45) is 0. The van der Waals surface area contributed by atoms with Crippen molar-refractivity contribution in [2.24, 2.45) is 5.73 Å². The van der Waals surface area contributed by atoms with Crippen molar-refractivity contribution in [2.45, 2.75) is 0 Å². The maximum atomic E-state index is 10.8. The summed E-state index contributed by atoms with van der Waals surface area (Å²) >= 11 is 0. The minimum atomic E-state index is -0.993. The second kappa shape index (κ2) is 3.00. The van der Waals surface area contributed by atoms with E-state index in [4.69, 9.17) is 5.73 Å². The number of amides is 2. The summed E-state index contributed by atoms with van der Waals surface area (Å²) in [5.41, 5.74) is 4.73. The molecule has 6 heteroatoms. The number of hydrogen-bond donors (Lipinski definition) is 1. The summed E-state index contributed by atoms with van der Waals surface area (Å²) in [5, 5.41) is 0. The van der Waals surface area contributed by atoms with Crippen LogP contribution in [0.2, 0.25) is 0 Å². The quantitative estimate of drug-likeness (QED) is 0.434. The first-order chi connectivity index (χ1) is 5.11. The monoisotopic (exact) mass is 176 g/mol. The first-order valence-corrected chi connectivity index (χ1v) is 4.54. The van der Waals surface area contributed by atoms with E-state index in [1.807, 2.05) is 0 Å². The van der Waals surface area contributed by atoms with E-state index in [-0.39, 0.29) is 5.88 Å². The lowest BCUT2D eigenvalue weighted by Gasteiger charge is -2.09. The maximum absolute atomic E-state index is 10.8. The van der Waals surface area contributed by atoms with Crippen LogP contribution in [0.5, 0.6) is 0 Å². The van der Waals surface area contributed by atoms with E-state index in [2.05, 4.69) is 0 Å². The zero-order valence-electron chi connectivity index (χ0n) is 5.78. The third kappa shape index (κ3) is 1.76. The Morgan fingerprint density at radius 3 is 2.45 bits per heavy atom. The van der Waals surface area contributed by atoms with Crippen LogP contribution in [-0.2, 0) is 20.4 Å². The van der Waals surface area contributed by atoms with Gasteiger partial charge in [0.05, 0.1) is 5.88 Å². The molecule has 11 heavy (non-hydrogen) atoms. The highest BCUT2D eigenvalue weighted by Crippen LogP contribution is 2.02. The number of rotatable bonds is 0. The van der Waals surface area contributed by atoms with E-state index in [1.54, 1.807) is 0 Å². The molecule has 0 aromatic carbocycles. The molecule has 2 amide bonds. The normalized spacial score (nSPS) is 23.6. The van der Waals surface area contributed by atoms with Crippen LogP contribution in [0.15, 0.2) is 0 Å². The molecule has 0 aliphatic carbocycles. The van der Waals surface area contributed by atoms with Crippen molar-refractivity contribution in [1.82, 2.24) is 4.90 Å². The fourth-order valence-electron chi connectivity index (χ4n) is 0.831. The van der Waals surface area contributed by atoms with E-state index in [1.165, 1.54) is 4.90 Å².